The van der Waals surface area contributed by atoms with Crippen molar-refractivity contribution in [3.8, 4) is 11.6 Å². The second-order valence-electron chi connectivity index (χ2n) is 7.53. The number of likely N-dealkylation sites (tertiary alicyclic amines) is 1. The largest absolute Gasteiger partial charge is 0.490 e. The van der Waals surface area contributed by atoms with E-state index in [9.17, 15) is 14.9 Å². The van der Waals surface area contributed by atoms with Crippen molar-refractivity contribution in [3.05, 3.63) is 45.3 Å². The van der Waals surface area contributed by atoms with Crippen LogP contribution in [0.5, 0.6) is 5.75 Å². The minimum atomic E-state index is -0.621. The average Bonchev–Trinajstić information content (AvgIpc) is 3.58. The SMILES string of the molecule is COc1ccc(/C(C)=N\NC(=O)c2c(CN3CCCC3)nnn2-c2nonc2N)cc1[N+](=O)[O-]. The monoisotopic (exact) mass is 470 g/mol. The summed E-state index contributed by atoms with van der Waals surface area (Å²) in [5, 5.41) is 30.8. The molecule has 1 aliphatic rings. The number of nitrogens with two attached hydrogens (primary N) is 1. The van der Waals surface area contributed by atoms with Gasteiger partial charge in [-0.2, -0.15) is 9.78 Å². The van der Waals surface area contributed by atoms with Gasteiger partial charge in [0.05, 0.1) is 17.7 Å². The van der Waals surface area contributed by atoms with Gasteiger partial charge in [-0.05, 0) is 55.3 Å². The molecule has 0 aliphatic carbocycles. The fraction of sp³-hybridized carbons (Fsp3) is 0.368. The molecule has 15 nitrogen and oxygen atoms in total. The highest BCUT2D eigenvalue weighted by atomic mass is 16.6. The summed E-state index contributed by atoms with van der Waals surface area (Å²) in [6.07, 6.45) is 2.13. The van der Waals surface area contributed by atoms with E-state index in [-0.39, 0.29) is 28.8 Å². The summed E-state index contributed by atoms with van der Waals surface area (Å²) in [6, 6.07) is 4.38. The van der Waals surface area contributed by atoms with Crippen molar-refractivity contribution >= 4 is 23.1 Å². The van der Waals surface area contributed by atoms with E-state index in [4.69, 9.17) is 10.5 Å². The maximum Gasteiger partial charge on any atom is 0.311 e. The lowest BCUT2D eigenvalue weighted by Crippen LogP contribution is -2.26. The number of hydrogen-bond donors (Lipinski definition) is 2. The number of rotatable bonds is 8. The summed E-state index contributed by atoms with van der Waals surface area (Å²) >= 11 is 0. The Morgan fingerprint density at radius 2 is 2.12 bits per heavy atom. The van der Waals surface area contributed by atoms with E-state index < -0.39 is 10.8 Å². The van der Waals surface area contributed by atoms with E-state index >= 15 is 0 Å². The number of hydrogen-bond acceptors (Lipinski definition) is 12. The summed E-state index contributed by atoms with van der Waals surface area (Å²) in [6.45, 7) is 3.78. The van der Waals surface area contributed by atoms with Gasteiger partial charge in [0.15, 0.2) is 11.4 Å². The molecule has 0 radical (unpaired) electrons. The zero-order valence-electron chi connectivity index (χ0n) is 18.5. The number of amides is 1. The first-order valence-electron chi connectivity index (χ1n) is 10.3. The number of benzene rings is 1. The predicted molar refractivity (Wildman–Crippen MR) is 117 cm³/mol. The summed E-state index contributed by atoms with van der Waals surface area (Å²) in [4.78, 5) is 26.1. The maximum atomic E-state index is 13.2. The second kappa shape index (κ2) is 9.62. The van der Waals surface area contributed by atoms with Crippen molar-refractivity contribution in [1.29, 1.82) is 0 Å². The highest BCUT2D eigenvalue weighted by molar-refractivity contribution is 6.01. The number of carbonyl (C=O) groups excluding carboxylic acids is 1. The van der Waals surface area contributed by atoms with E-state index in [1.54, 1.807) is 13.0 Å². The smallest absolute Gasteiger partial charge is 0.311 e. The zero-order valence-corrected chi connectivity index (χ0v) is 18.5. The number of nitro groups is 1. The van der Waals surface area contributed by atoms with Crippen molar-refractivity contribution in [3.63, 3.8) is 0 Å². The van der Waals surface area contributed by atoms with E-state index in [0.717, 1.165) is 30.6 Å². The molecule has 0 spiro atoms. The lowest BCUT2D eigenvalue weighted by Gasteiger charge is -2.13. The molecule has 0 atom stereocenters. The third kappa shape index (κ3) is 4.54. The highest BCUT2D eigenvalue weighted by Crippen LogP contribution is 2.27. The fourth-order valence-electron chi connectivity index (χ4n) is 3.60. The third-order valence-electron chi connectivity index (χ3n) is 5.34. The van der Waals surface area contributed by atoms with E-state index in [2.05, 4.69) is 40.7 Å². The Hall–Kier alpha value is -4.40. The molecular formula is C19H22N10O5. The van der Waals surface area contributed by atoms with Crippen molar-refractivity contribution in [2.45, 2.75) is 26.3 Å². The molecule has 1 aliphatic heterocycles. The number of nitrogens with zero attached hydrogens (tertiary/aromatic N) is 8. The van der Waals surface area contributed by atoms with Crippen molar-refractivity contribution in [2.24, 2.45) is 5.10 Å². The van der Waals surface area contributed by atoms with E-state index in [0.29, 0.717) is 23.5 Å². The number of nitro benzene ring substituents is 1. The molecule has 0 saturated carbocycles. The van der Waals surface area contributed by atoms with Crippen LogP contribution >= 0.6 is 0 Å². The number of nitrogens with one attached hydrogen (secondary N) is 1. The van der Waals surface area contributed by atoms with Gasteiger partial charge in [0.2, 0.25) is 11.6 Å². The summed E-state index contributed by atoms with van der Waals surface area (Å²) in [7, 11) is 1.34. The van der Waals surface area contributed by atoms with Crippen LogP contribution in [0.1, 0.15) is 41.5 Å². The van der Waals surface area contributed by atoms with Gasteiger partial charge >= 0.3 is 5.69 Å². The van der Waals surface area contributed by atoms with Gasteiger partial charge in [-0.15, -0.1) is 5.10 Å². The van der Waals surface area contributed by atoms with Gasteiger partial charge in [0, 0.05) is 18.2 Å². The van der Waals surface area contributed by atoms with E-state index in [1.807, 2.05) is 0 Å². The molecule has 0 bridgehead atoms. The molecular weight excluding hydrogens is 448 g/mol. The molecule has 1 amide bonds. The molecule has 0 unspecified atom stereocenters. The normalized spacial score (nSPS) is 14.4. The minimum Gasteiger partial charge on any atom is -0.490 e. The molecule has 2 aromatic heterocycles. The molecule has 178 valence electrons. The van der Waals surface area contributed by atoms with Crippen LogP contribution in [0.2, 0.25) is 0 Å². The molecule has 1 fully saturated rings. The average molecular weight is 470 g/mol. The lowest BCUT2D eigenvalue weighted by molar-refractivity contribution is -0.385. The number of carbonyl (C=O) groups is 1. The van der Waals surface area contributed by atoms with Crippen molar-refractivity contribution < 1.29 is 19.1 Å². The summed E-state index contributed by atoms with van der Waals surface area (Å²) in [5.74, 6) is -0.538. The zero-order chi connectivity index (χ0) is 24.2. The number of anilines is 1. The van der Waals surface area contributed by atoms with Gasteiger partial charge in [-0.3, -0.25) is 19.8 Å². The van der Waals surface area contributed by atoms with Gasteiger partial charge in [0.25, 0.3) is 5.91 Å². The molecule has 15 heteroatoms. The van der Waals surface area contributed by atoms with Crippen LogP contribution in [0.3, 0.4) is 0 Å². The fourth-order valence-corrected chi connectivity index (χ4v) is 3.60. The van der Waals surface area contributed by atoms with Crippen molar-refractivity contribution in [1.82, 2.24) is 35.6 Å². The Morgan fingerprint density at radius 1 is 1.35 bits per heavy atom. The van der Waals surface area contributed by atoms with Gasteiger partial charge in [-0.25, -0.2) is 10.1 Å². The first-order valence-corrected chi connectivity index (χ1v) is 10.3. The number of aromatic nitrogens is 5. The lowest BCUT2D eigenvalue weighted by atomic mass is 10.1. The summed E-state index contributed by atoms with van der Waals surface area (Å²) < 4.78 is 10.8. The quantitative estimate of drug-likeness (QED) is 0.270. The van der Waals surface area contributed by atoms with Crippen LogP contribution < -0.4 is 15.9 Å². The number of methoxy groups -OCH3 is 1. The van der Waals surface area contributed by atoms with Crippen LogP contribution in [0.25, 0.3) is 5.82 Å². The second-order valence-corrected chi connectivity index (χ2v) is 7.53. The number of ether oxygens (including phenoxy) is 1. The number of hydrazone groups is 1. The Balaban J connectivity index is 1.62. The molecule has 1 aromatic carbocycles. The van der Waals surface area contributed by atoms with Gasteiger partial charge in [-0.1, -0.05) is 5.21 Å². The summed E-state index contributed by atoms with van der Waals surface area (Å²) in [5.41, 5.74) is 9.28. The molecule has 3 heterocycles. The topological polar surface area (TPSA) is 193 Å². The first kappa shape index (κ1) is 22.8. The maximum absolute atomic E-state index is 13.2. The van der Waals surface area contributed by atoms with Gasteiger partial charge in [0.1, 0.15) is 5.69 Å². The Morgan fingerprint density at radius 3 is 2.76 bits per heavy atom. The Kier molecular flexibility index (Phi) is 6.44. The molecule has 34 heavy (non-hydrogen) atoms. The molecule has 4 rings (SSSR count). The Bertz CT molecular complexity index is 1240. The standard InChI is InChI=1S/C19H22N10O5/c1-11(12-5-6-15(33-2)14(9-12)29(31)32)21-23-19(30)16-13(10-27-7-3-4-8-27)22-26-28(16)18-17(20)24-34-25-18/h5-6,9H,3-4,7-8,10H2,1-2H3,(H2,20,24)(H,23,30)/b21-11-. The van der Waals surface area contributed by atoms with Crippen LogP contribution in [0.15, 0.2) is 27.9 Å². The molecule has 3 N–H and O–H groups in total. The molecule has 1 saturated heterocycles. The molecule has 3 aromatic rings. The van der Waals surface area contributed by atoms with Gasteiger partial charge < -0.3 is 10.5 Å². The van der Waals surface area contributed by atoms with Crippen molar-refractivity contribution in [2.75, 3.05) is 25.9 Å². The van der Waals surface area contributed by atoms with Crippen LogP contribution in [-0.2, 0) is 6.54 Å². The van der Waals surface area contributed by atoms with Crippen LogP contribution in [0.4, 0.5) is 11.5 Å². The van der Waals surface area contributed by atoms with Crippen LogP contribution in [-0.4, -0.2) is 66.9 Å². The third-order valence-corrected chi connectivity index (χ3v) is 5.34. The van der Waals surface area contributed by atoms with E-state index in [1.165, 1.54) is 19.2 Å². The Labute approximate surface area is 192 Å². The number of nitrogen functional groups attached to an aromatic ring is 1. The minimum absolute atomic E-state index is 0.0248. The highest BCUT2D eigenvalue weighted by Gasteiger charge is 2.27. The first-order chi connectivity index (χ1) is 16.4. The van der Waals surface area contributed by atoms with Crippen LogP contribution in [0, 0.1) is 10.1 Å². The predicted octanol–water partition coefficient (Wildman–Crippen LogP) is 0.899.